The van der Waals surface area contributed by atoms with Crippen LogP contribution in [0.2, 0.25) is 0 Å². The van der Waals surface area contributed by atoms with Crippen LogP contribution in [0.3, 0.4) is 0 Å². The van der Waals surface area contributed by atoms with Gasteiger partial charge in [0, 0.05) is 22.8 Å². The third-order valence-corrected chi connectivity index (χ3v) is 5.75. The Morgan fingerprint density at radius 3 is 2.85 bits per heavy atom. The Morgan fingerprint density at radius 1 is 1.15 bits per heavy atom. The van der Waals surface area contributed by atoms with E-state index in [9.17, 15) is 0 Å². The molecule has 27 heavy (non-hydrogen) atoms. The van der Waals surface area contributed by atoms with Gasteiger partial charge in [0.15, 0.2) is 6.10 Å². The van der Waals surface area contributed by atoms with Crippen molar-refractivity contribution in [3.8, 4) is 0 Å². The lowest BCUT2D eigenvalue weighted by molar-refractivity contribution is 0.224. The molecule has 2 heterocycles. The van der Waals surface area contributed by atoms with Gasteiger partial charge in [-0.2, -0.15) is 4.99 Å². The molecule has 1 saturated carbocycles. The van der Waals surface area contributed by atoms with Gasteiger partial charge in [-0.05, 0) is 48.1 Å². The number of ether oxygens (including phenoxy) is 1. The number of aliphatic imine (C=N–C) groups is 1. The van der Waals surface area contributed by atoms with E-state index in [2.05, 4.69) is 45.6 Å². The Hall–Kier alpha value is -2.86. The van der Waals surface area contributed by atoms with Crippen molar-refractivity contribution in [2.75, 3.05) is 5.32 Å². The molecule has 0 saturated heterocycles. The Balaban J connectivity index is 1.46. The summed E-state index contributed by atoms with van der Waals surface area (Å²) in [4.78, 5) is 8.69. The van der Waals surface area contributed by atoms with Crippen molar-refractivity contribution in [1.82, 2.24) is 4.98 Å². The molecular weight excluding hydrogens is 356 g/mol. The molecule has 5 nitrogen and oxygen atoms in total. The minimum absolute atomic E-state index is 0.216. The van der Waals surface area contributed by atoms with Crippen LogP contribution >= 0.6 is 11.3 Å². The van der Waals surface area contributed by atoms with E-state index in [0.717, 1.165) is 27.5 Å². The second-order valence-electron chi connectivity index (χ2n) is 6.95. The maximum atomic E-state index is 5.95. The molecule has 1 atom stereocenters. The zero-order valence-electron chi connectivity index (χ0n) is 14.8. The van der Waals surface area contributed by atoms with Crippen LogP contribution in [0.1, 0.15) is 46.6 Å². The summed E-state index contributed by atoms with van der Waals surface area (Å²) in [7, 11) is 0. The van der Waals surface area contributed by atoms with Gasteiger partial charge in [0.1, 0.15) is 5.01 Å². The summed E-state index contributed by atoms with van der Waals surface area (Å²) in [5, 5.41) is 6.47. The van der Waals surface area contributed by atoms with E-state index in [-0.39, 0.29) is 12.1 Å². The minimum atomic E-state index is -0.238. The molecule has 6 heteroatoms. The first-order valence-corrected chi connectivity index (χ1v) is 10.0. The van der Waals surface area contributed by atoms with E-state index in [1.807, 2.05) is 23.7 Å². The third-order valence-electron chi connectivity index (χ3n) is 4.97. The van der Waals surface area contributed by atoms with Gasteiger partial charge in [0.2, 0.25) is 0 Å². The number of fused-ring (bicyclic) bond motifs is 1. The fraction of sp³-hybridized carbons (Fsp3) is 0.238. The summed E-state index contributed by atoms with van der Waals surface area (Å²) in [6.07, 6.45) is 4.14. The van der Waals surface area contributed by atoms with Crippen LogP contribution in [0.5, 0.6) is 0 Å². The van der Waals surface area contributed by atoms with Gasteiger partial charge in [-0.1, -0.05) is 24.3 Å². The summed E-state index contributed by atoms with van der Waals surface area (Å²) in [5.41, 5.74) is 11.4. The van der Waals surface area contributed by atoms with Crippen LogP contribution in [0.25, 0.3) is 0 Å². The number of aromatic nitrogens is 1. The summed E-state index contributed by atoms with van der Waals surface area (Å²) >= 11 is 1.64. The highest BCUT2D eigenvalue weighted by Gasteiger charge is 2.28. The standard InChI is InChI=1S/C21H20N4OS/c22-21-25-18-7-6-16(24-12-19-23-8-9-27-19)11-17(18)20(26-21)15-3-1-2-14(10-15)13-4-5-13/h1-3,6-11,13,20,24H,4-5,12H2,(H2,22,25). The van der Waals surface area contributed by atoms with Crippen LogP contribution in [0.4, 0.5) is 11.4 Å². The lowest BCUT2D eigenvalue weighted by Gasteiger charge is -2.25. The number of hydrogen-bond acceptors (Lipinski definition) is 6. The van der Waals surface area contributed by atoms with Crippen molar-refractivity contribution in [3.05, 3.63) is 75.7 Å². The van der Waals surface area contributed by atoms with Crippen LogP contribution in [0.15, 0.2) is 59.0 Å². The van der Waals surface area contributed by atoms with Gasteiger partial charge in [0.25, 0.3) is 6.02 Å². The van der Waals surface area contributed by atoms with Crippen LogP contribution < -0.4 is 11.1 Å². The average Bonchev–Trinajstić information content (AvgIpc) is 3.42. The largest absolute Gasteiger partial charge is 0.452 e. The second-order valence-corrected chi connectivity index (χ2v) is 7.92. The first-order chi connectivity index (χ1) is 13.3. The average molecular weight is 376 g/mol. The van der Waals surface area contributed by atoms with Gasteiger partial charge >= 0.3 is 0 Å². The molecule has 3 aromatic rings. The Kier molecular flexibility index (Phi) is 4.05. The van der Waals surface area contributed by atoms with Gasteiger partial charge in [0.05, 0.1) is 12.2 Å². The lowest BCUT2D eigenvalue weighted by atomic mass is 9.96. The van der Waals surface area contributed by atoms with Crippen LogP contribution in [-0.2, 0) is 11.3 Å². The Labute approximate surface area is 161 Å². The fourth-order valence-electron chi connectivity index (χ4n) is 3.46. The van der Waals surface area contributed by atoms with Gasteiger partial charge in [-0.3, -0.25) is 0 Å². The molecule has 2 aliphatic rings. The third kappa shape index (κ3) is 3.40. The molecule has 1 fully saturated rings. The molecule has 1 aliphatic heterocycles. The number of thiazole rings is 1. The maximum Gasteiger partial charge on any atom is 0.288 e. The van der Waals surface area contributed by atoms with Gasteiger partial charge in [-0.15, -0.1) is 11.3 Å². The normalized spacial score (nSPS) is 18.4. The molecule has 0 bridgehead atoms. The highest BCUT2D eigenvalue weighted by Crippen LogP contribution is 2.43. The number of hydrogen-bond donors (Lipinski definition) is 2. The molecule has 1 aromatic heterocycles. The van der Waals surface area contributed by atoms with Gasteiger partial charge < -0.3 is 15.8 Å². The summed E-state index contributed by atoms with van der Waals surface area (Å²) < 4.78 is 5.95. The summed E-state index contributed by atoms with van der Waals surface area (Å²) in [5.74, 6) is 0.699. The number of nitrogens with one attached hydrogen (secondary N) is 1. The quantitative estimate of drug-likeness (QED) is 0.677. The minimum Gasteiger partial charge on any atom is -0.452 e. The van der Waals surface area contributed by atoms with E-state index in [4.69, 9.17) is 10.5 Å². The molecule has 1 unspecified atom stereocenters. The Morgan fingerprint density at radius 2 is 2.04 bits per heavy atom. The van der Waals surface area contributed by atoms with Crippen molar-refractivity contribution < 1.29 is 4.74 Å². The van der Waals surface area contributed by atoms with Gasteiger partial charge in [-0.25, -0.2) is 4.98 Å². The molecule has 3 N–H and O–H groups in total. The molecule has 1 aliphatic carbocycles. The summed E-state index contributed by atoms with van der Waals surface area (Å²) in [6, 6.07) is 15.0. The number of amidine groups is 1. The number of nitrogens with two attached hydrogens (primary N) is 1. The van der Waals surface area contributed by atoms with E-state index in [1.165, 1.54) is 18.4 Å². The molecule has 0 spiro atoms. The van der Waals surface area contributed by atoms with E-state index >= 15 is 0 Å². The molecule has 2 aromatic carbocycles. The number of nitrogens with zero attached hydrogens (tertiary/aromatic N) is 2. The highest BCUT2D eigenvalue weighted by molar-refractivity contribution is 7.09. The predicted molar refractivity (Wildman–Crippen MR) is 109 cm³/mol. The van der Waals surface area contributed by atoms with Crippen LogP contribution in [-0.4, -0.2) is 11.0 Å². The van der Waals surface area contributed by atoms with Crippen molar-refractivity contribution in [2.24, 2.45) is 10.7 Å². The van der Waals surface area contributed by atoms with E-state index in [0.29, 0.717) is 12.5 Å². The van der Waals surface area contributed by atoms with Crippen molar-refractivity contribution in [3.63, 3.8) is 0 Å². The smallest absolute Gasteiger partial charge is 0.288 e. The SMILES string of the molecule is NC1=Nc2ccc(NCc3nccs3)cc2C(c2cccc(C3CC3)c2)O1. The number of rotatable bonds is 5. The van der Waals surface area contributed by atoms with Crippen molar-refractivity contribution >= 4 is 28.7 Å². The first kappa shape index (κ1) is 16.3. The monoisotopic (exact) mass is 376 g/mol. The first-order valence-electron chi connectivity index (χ1n) is 9.13. The van der Waals surface area contributed by atoms with E-state index in [1.54, 1.807) is 11.3 Å². The second kappa shape index (κ2) is 6.70. The molecule has 136 valence electrons. The predicted octanol–water partition coefficient (Wildman–Crippen LogP) is 4.70. The number of anilines is 1. The number of benzene rings is 2. The molecule has 5 rings (SSSR count). The lowest BCUT2D eigenvalue weighted by Crippen LogP contribution is -2.23. The zero-order valence-corrected chi connectivity index (χ0v) is 15.6. The van der Waals surface area contributed by atoms with Crippen LogP contribution in [0, 0.1) is 0 Å². The van der Waals surface area contributed by atoms with Crippen molar-refractivity contribution in [1.29, 1.82) is 0 Å². The fourth-order valence-corrected chi connectivity index (χ4v) is 4.02. The summed E-state index contributed by atoms with van der Waals surface area (Å²) in [6.45, 7) is 0.699. The topological polar surface area (TPSA) is 72.5 Å². The highest BCUT2D eigenvalue weighted by atomic mass is 32.1. The zero-order chi connectivity index (χ0) is 18.2. The molecule has 0 amide bonds. The van der Waals surface area contributed by atoms with E-state index < -0.39 is 0 Å². The molecular formula is C21H20N4OS. The molecule has 0 radical (unpaired) electrons. The maximum absolute atomic E-state index is 5.95. The Bertz CT molecular complexity index is 995. The van der Waals surface area contributed by atoms with Crippen molar-refractivity contribution in [2.45, 2.75) is 31.4 Å².